The number of amides is 1. The highest BCUT2D eigenvalue weighted by molar-refractivity contribution is 6.35. The van der Waals surface area contributed by atoms with Crippen molar-refractivity contribution >= 4 is 34.7 Å². The van der Waals surface area contributed by atoms with Crippen molar-refractivity contribution in [2.75, 3.05) is 32.8 Å². The minimum absolute atomic E-state index is 0.156. The first kappa shape index (κ1) is 24.9. The molecular weight excluding hydrogens is 438 g/mol. The van der Waals surface area contributed by atoms with Crippen molar-refractivity contribution in [3.05, 3.63) is 35.4 Å². The van der Waals surface area contributed by atoms with Crippen LogP contribution in [0.5, 0.6) is 23.0 Å². The normalized spacial score (nSPS) is 11.7. The number of methoxy groups -OCH3 is 2. The zero-order chi connectivity index (χ0) is 23.7. The number of carbonyl (C=O) groups is 2. The molecule has 0 heterocycles. The van der Waals surface area contributed by atoms with Crippen LogP contribution in [-0.4, -0.2) is 45.2 Å². The van der Waals surface area contributed by atoms with Crippen LogP contribution in [0, 0.1) is 0 Å². The average Bonchev–Trinajstić information content (AvgIpc) is 2.77. The second-order valence-electron chi connectivity index (χ2n) is 6.40. The highest BCUT2D eigenvalue weighted by Gasteiger charge is 2.25. The molecule has 0 spiro atoms. The molecular formula is C22H26ClN3O6. The molecule has 2 aromatic carbocycles. The standard InChI is InChI=1S/C22H26ClN3O6/c1-6-31-14-8-9-18(32-7-2)16(10-14)25-26-21(13(3)27)22(28)24-17-11-15(29-4)12-19(30-5)20(17)23/h8-12,21H,6-7H2,1-5H3,(H,24,28). The van der Waals surface area contributed by atoms with Gasteiger partial charge in [0, 0.05) is 18.2 Å². The van der Waals surface area contributed by atoms with Crippen LogP contribution in [0.3, 0.4) is 0 Å². The molecule has 9 nitrogen and oxygen atoms in total. The fourth-order valence-electron chi connectivity index (χ4n) is 2.68. The van der Waals surface area contributed by atoms with Gasteiger partial charge in [0.15, 0.2) is 5.78 Å². The number of hydrogen-bond donors (Lipinski definition) is 1. The summed E-state index contributed by atoms with van der Waals surface area (Å²) in [7, 11) is 2.90. The summed E-state index contributed by atoms with van der Waals surface area (Å²) in [6, 6.07) is 6.72. The van der Waals surface area contributed by atoms with Gasteiger partial charge in [-0.25, -0.2) is 0 Å². The predicted molar refractivity (Wildman–Crippen MR) is 121 cm³/mol. The number of nitrogens with zero attached hydrogens (tertiary/aromatic N) is 2. The lowest BCUT2D eigenvalue weighted by atomic mass is 10.2. The van der Waals surface area contributed by atoms with Gasteiger partial charge in [-0.2, -0.15) is 10.2 Å². The molecule has 2 aromatic rings. The quantitative estimate of drug-likeness (QED) is 0.377. The molecule has 0 aliphatic rings. The first-order valence-corrected chi connectivity index (χ1v) is 10.3. The minimum Gasteiger partial charge on any atom is -0.497 e. The Bertz CT molecular complexity index is 996. The third kappa shape index (κ3) is 6.34. The van der Waals surface area contributed by atoms with Crippen molar-refractivity contribution in [3.63, 3.8) is 0 Å². The smallest absolute Gasteiger partial charge is 0.258 e. The third-order valence-corrected chi connectivity index (χ3v) is 4.57. The van der Waals surface area contributed by atoms with E-state index < -0.39 is 17.7 Å². The summed E-state index contributed by atoms with van der Waals surface area (Å²) in [6.07, 6.45) is 0. The Balaban J connectivity index is 2.34. The van der Waals surface area contributed by atoms with Gasteiger partial charge in [0.05, 0.1) is 33.1 Å². The van der Waals surface area contributed by atoms with Gasteiger partial charge >= 0.3 is 0 Å². The van der Waals surface area contributed by atoms with Gasteiger partial charge < -0.3 is 24.3 Å². The van der Waals surface area contributed by atoms with Crippen molar-refractivity contribution in [2.24, 2.45) is 10.2 Å². The van der Waals surface area contributed by atoms with Crippen molar-refractivity contribution < 1.29 is 28.5 Å². The molecule has 2 rings (SSSR count). The fourth-order valence-corrected chi connectivity index (χ4v) is 2.91. The second-order valence-corrected chi connectivity index (χ2v) is 6.78. The summed E-state index contributed by atoms with van der Waals surface area (Å²) in [6.45, 7) is 5.80. The van der Waals surface area contributed by atoms with Gasteiger partial charge in [0.25, 0.3) is 5.91 Å². The van der Waals surface area contributed by atoms with Crippen molar-refractivity contribution in [3.8, 4) is 23.0 Å². The Morgan fingerprint density at radius 2 is 1.72 bits per heavy atom. The topological polar surface area (TPSA) is 108 Å². The monoisotopic (exact) mass is 463 g/mol. The van der Waals surface area contributed by atoms with Gasteiger partial charge in [-0.1, -0.05) is 11.6 Å². The summed E-state index contributed by atoms with van der Waals surface area (Å²) in [5.41, 5.74) is 0.542. The highest BCUT2D eigenvalue weighted by Crippen LogP contribution is 2.37. The van der Waals surface area contributed by atoms with E-state index in [0.717, 1.165) is 0 Å². The maximum atomic E-state index is 12.8. The van der Waals surface area contributed by atoms with Crippen LogP contribution >= 0.6 is 11.6 Å². The van der Waals surface area contributed by atoms with Crippen molar-refractivity contribution in [2.45, 2.75) is 26.8 Å². The maximum absolute atomic E-state index is 12.8. The molecule has 0 saturated heterocycles. The Kier molecular flexibility index (Phi) is 9.27. The van der Waals surface area contributed by atoms with Crippen molar-refractivity contribution in [1.82, 2.24) is 0 Å². The van der Waals surface area contributed by atoms with Crippen LogP contribution in [-0.2, 0) is 9.59 Å². The molecule has 1 unspecified atom stereocenters. The zero-order valence-electron chi connectivity index (χ0n) is 18.6. The van der Waals surface area contributed by atoms with E-state index in [0.29, 0.717) is 41.9 Å². The van der Waals surface area contributed by atoms with Crippen LogP contribution in [0.4, 0.5) is 11.4 Å². The van der Waals surface area contributed by atoms with Crippen LogP contribution in [0.25, 0.3) is 0 Å². The maximum Gasteiger partial charge on any atom is 0.258 e. The van der Waals surface area contributed by atoms with Crippen LogP contribution in [0.1, 0.15) is 20.8 Å². The Morgan fingerprint density at radius 3 is 2.31 bits per heavy atom. The Hall–Kier alpha value is -3.33. The van der Waals surface area contributed by atoms with Crippen LogP contribution in [0.15, 0.2) is 40.6 Å². The first-order chi connectivity index (χ1) is 15.3. The van der Waals surface area contributed by atoms with Gasteiger partial charge in [-0.15, -0.1) is 0 Å². The predicted octanol–water partition coefficient (Wildman–Crippen LogP) is 4.83. The largest absolute Gasteiger partial charge is 0.497 e. The molecule has 10 heteroatoms. The van der Waals surface area contributed by atoms with Gasteiger partial charge in [0.2, 0.25) is 6.04 Å². The number of nitrogens with one attached hydrogen (secondary N) is 1. The number of ether oxygens (including phenoxy) is 4. The summed E-state index contributed by atoms with van der Waals surface area (Å²) >= 11 is 6.28. The molecule has 0 bridgehead atoms. The lowest BCUT2D eigenvalue weighted by Crippen LogP contribution is -2.32. The molecule has 0 fully saturated rings. The van der Waals surface area contributed by atoms with Gasteiger partial charge in [-0.05, 0) is 32.9 Å². The van der Waals surface area contributed by atoms with E-state index in [9.17, 15) is 9.59 Å². The molecule has 0 aromatic heterocycles. The van der Waals surface area contributed by atoms with E-state index >= 15 is 0 Å². The molecule has 172 valence electrons. The number of carbonyl (C=O) groups excluding carboxylic acids is 2. The lowest BCUT2D eigenvalue weighted by molar-refractivity contribution is -0.126. The minimum atomic E-state index is -1.41. The molecule has 1 N–H and O–H groups in total. The molecule has 1 amide bonds. The fraction of sp³-hybridized carbons (Fsp3) is 0.364. The molecule has 0 aliphatic carbocycles. The average molecular weight is 464 g/mol. The van der Waals surface area contributed by atoms with Crippen LogP contribution < -0.4 is 24.3 Å². The number of hydrogen-bond acceptors (Lipinski definition) is 8. The summed E-state index contributed by atoms with van der Waals surface area (Å²) in [5, 5.41) is 10.8. The van der Waals surface area contributed by atoms with E-state index in [-0.39, 0.29) is 10.7 Å². The van der Waals surface area contributed by atoms with E-state index in [2.05, 4.69) is 15.5 Å². The molecule has 0 aliphatic heterocycles. The number of rotatable bonds is 11. The molecule has 0 saturated carbocycles. The number of halogens is 1. The second kappa shape index (κ2) is 11.9. The number of benzene rings is 2. The number of anilines is 1. The van der Waals surface area contributed by atoms with Crippen LogP contribution in [0.2, 0.25) is 5.02 Å². The molecule has 32 heavy (non-hydrogen) atoms. The first-order valence-electron chi connectivity index (χ1n) is 9.87. The van der Waals surface area contributed by atoms with Gasteiger partial charge in [0.1, 0.15) is 33.7 Å². The van der Waals surface area contributed by atoms with Crippen molar-refractivity contribution in [1.29, 1.82) is 0 Å². The third-order valence-electron chi connectivity index (χ3n) is 4.18. The number of azo groups is 1. The number of ketones is 1. The van der Waals surface area contributed by atoms with E-state index in [4.69, 9.17) is 30.5 Å². The highest BCUT2D eigenvalue weighted by atomic mass is 35.5. The molecule has 0 radical (unpaired) electrons. The van der Waals surface area contributed by atoms with E-state index in [1.807, 2.05) is 13.8 Å². The van der Waals surface area contributed by atoms with Gasteiger partial charge in [-0.3, -0.25) is 9.59 Å². The Morgan fingerprint density at radius 1 is 1.00 bits per heavy atom. The SMILES string of the molecule is CCOc1ccc(OCC)c(N=NC(C(C)=O)C(=O)Nc2cc(OC)cc(OC)c2Cl)c1. The summed E-state index contributed by atoms with van der Waals surface area (Å²) in [4.78, 5) is 25.0. The molecule has 1 atom stereocenters. The summed E-state index contributed by atoms with van der Waals surface area (Å²) in [5.74, 6) is 0.508. The number of Topliss-reactive ketones (excluding diaryl/α,β-unsaturated/α-hetero) is 1. The van der Waals surface area contributed by atoms with E-state index in [1.165, 1.54) is 27.2 Å². The zero-order valence-corrected chi connectivity index (χ0v) is 19.4. The Labute approximate surface area is 191 Å². The summed E-state index contributed by atoms with van der Waals surface area (Å²) < 4.78 is 21.4. The van der Waals surface area contributed by atoms with E-state index in [1.54, 1.807) is 24.3 Å². The lowest BCUT2D eigenvalue weighted by Gasteiger charge is -2.14.